The van der Waals surface area contributed by atoms with Crippen LogP contribution in [0.5, 0.6) is 5.88 Å². The molecule has 1 heterocycles. The number of halogens is 2. The molecule has 0 atom stereocenters. The summed E-state index contributed by atoms with van der Waals surface area (Å²) >= 11 is 9.25. The molecule has 5 heteroatoms. The molecule has 0 unspecified atom stereocenters. The lowest BCUT2D eigenvalue weighted by atomic mass is 10.1. The van der Waals surface area contributed by atoms with Gasteiger partial charge in [0.2, 0.25) is 5.88 Å². The molecule has 1 fully saturated rings. The monoisotopic (exact) mass is 338 g/mol. The first kappa shape index (κ1) is 12.9. The minimum atomic E-state index is 0.581. The molecule has 0 amide bonds. The Morgan fingerprint density at radius 2 is 2.00 bits per heavy atom. The van der Waals surface area contributed by atoms with Crippen LogP contribution in [0.25, 0.3) is 11.3 Å². The molecule has 0 spiro atoms. The van der Waals surface area contributed by atoms with Crippen molar-refractivity contribution in [2.75, 3.05) is 6.61 Å². The Bertz CT molecular complexity index is 584. The van der Waals surface area contributed by atoms with Crippen LogP contribution < -0.4 is 4.74 Å². The molecular formula is C14H12BrClN2O. The first-order chi connectivity index (χ1) is 9.22. The van der Waals surface area contributed by atoms with Gasteiger partial charge in [0.1, 0.15) is 10.3 Å². The molecule has 98 valence electrons. The van der Waals surface area contributed by atoms with Gasteiger partial charge in [0.15, 0.2) is 0 Å². The van der Waals surface area contributed by atoms with Gasteiger partial charge in [0, 0.05) is 10.6 Å². The van der Waals surface area contributed by atoms with Crippen LogP contribution in [0.3, 0.4) is 0 Å². The molecule has 0 radical (unpaired) electrons. The smallest absolute Gasteiger partial charge is 0.240 e. The quantitative estimate of drug-likeness (QED) is 0.830. The molecule has 3 nitrogen and oxygen atoms in total. The van der Waals surface area contributed by atoms with Gasteiger partial charge in [-0.15, -0.1) is 0 Å². The standard InChI is InChI=1S/C14H12BrClN2O/c15-12-7-17-14(19-8-9-1-2-9)13(18-12)10-3-5-11(16)6-4-10/h3-7,9H,1-2,8H2. The van der Waals surface area contributed by atoms with Gasteiger partial charge >= 0.3 is 0 Å². The van der Waals surface area contributed by atoms with Crippen molar-refractivity contribution < 1.29 is 4.74 Å². The van der Waals surface area contributed by atoms with E-state index in [9.17, 15) is 0 Å². The van der Waals surface area contributed by atoms with E-state index < -0.39 is 0 Å². The highest BCUT2D eigenvalue weighted by molar-refractivity contribution is 9.10. The maximum absolute atomic E-state index is 5.90. The molecule has 1 aromatic heterocycles. The fourth-order valence-corrected chi connectivity index (χ4v) is 2.14. The third kappa shape index (κ3) is 3.25. The highest BCUT2D eigenvalue weighted by atomic mass is 79.9. The molecule has 0 saturated heterocycles. The van der Waals surface area contributed by atoms with Crippen LogP contribution in [0.1, 0.15) is 12.8 Å². The van der Waals surface area contributed by atoms with Crippen LogP contribution in [-0.4, -0.2) is 16.6 Å². The zero-order valence-corrected chi connectivity index (χ0v) is 12.5. The molecule has 1 saturated carbocycles. The van der Waals surface area contributed by atoms with Gasteiger partial charge < -0.3 is 4.74 Å². The van der Waals surface area contributed by atoms with Gasteiger partial charge in [-0.25, -0.2) is 9.97 Å². The molecule has 19 heavy (non-hydrogen) atoms. The fourth-order valence-electron chi connectivity index (χ4n) is 1.74. The second kappa shape index (κ2) is 5.47. The van der Waals surface area contributed by atoms with E-state index in [0.717, 1.165) is 17.9 Å². The molecule has 2 aromatic rings. The van der Waals surface area contributed by atoms with Crippen LogP contribution in [-0.2, 0) is 0 Å². The van der Waals surface area contributed by atoms with Crippen LogP contribution in [0.15, 0.2) is 35.1 Å². The molecule has 3 rings (SSSR count). The summed E-state index contributed by atoms with van der Waals surface area (Å²) in [6.45, 7) is 0.719. The minimum absolute atomic E-state index is 0.581. The molecule has 0 N–H and O–H groups in total. The van der Waals surface area contributed by atoms with Crippen molar-refractivity contribution in [3.63, 3.8) is 0 Å². The maximum atomic E-state index is 5.90. The predicted molar refractivity (Wildman–Crippen MR) is 78.4 cm³/mol. The van der Waals surface area contributed by atoms with E-state index >= 15 is 0 Å². The van der Waals surface area contributed by atoms with Crippen molar-refractivity contribution in [1.29, 1.82) is 0 Å². The molecular weight excluding hydrogens is 328 g/mol. The Labute approximate surface area is 125 Å². The summed E-state index contributed by atoms with van der Waals surface area (Å²) in [4.78, 5) is 8.77. The highest BCUT2D eigenvalue weighted by Gasteiger charge is 2.23. The Kier molecular flexibility index (Phi) is 3.71. The van der Waals surface area contributed by atoms with Gasteiger partial charge in [0.25, 0.3) is 0 Å². The summed E-state index contributed by atoms with van der Waals surface area (Å²) in [5.74, 6) is 1.26. The number of nitrogens with zero attached hydrogens (tertiary/aromatic N) is 2. The van der Waals surface area contributed by atoms with Gasteiger partial charge in [-0.05, 0) is 46.8 Å². The first-order valence-corrected chi connectivity index (χ1v) is 7.31. The van der Waals surface area contributed by atoms with Crippen molar-refractivity contribution in [1.82, 2.24) is 9.97 Å². The summed E-state index contributed by atoms with van der Waals surface area (Å²) in [7, 11) is 0. The zero-order valence-electron chi connectivity index (χ0n) is 10.1. The van der Waals surface area contributed by atoms with Crippen LogP contribution in [0.4, 0.5) is 0 Å². The van der Waals surface area contributed by atoms with E-state index in [0.29, 0.717) is 21.4 Å². The first-order valence-electron chi connectivity index (χ1n) is 6.13. The third-order valence-corrected chi connectivity index (χ3v) is 3.61. The number of ether oxygens (including phenoxy) is 1. The summed E-state index contributed by atoms with van der Waals surface area (Å²) in [6, 6.07) is 7.51. The summed E-state index contributed by atoms with van der Waals surface area (Å²) in [6.07, 6.45) is 4.15. The Morgan fingerprint density at radius 1 is 1.26 bits per heavy atom. The lowest BCUT2D eigenvalue weighted by Crippen LogP contribution is -2.03. The summed E-state index contributed by atoms with van der Waals surface area (Å²) < 4.78 is 6.46. The normalized spacial score (nSPS) is 14.4. The largest absolute Gasteiger partial charge is 0.476 e. The number of hydrogen-bond acceptors (Lipinski definition) is 3. The van der Waals surface area contributed by atoms with E-state index in [1.807, 2.05) is 24.3 Å². The van der Waals surface area contributed by atoms with E-state index in [1.54, 1.807) is 6.20 Å². The second-order valence-electron chi connectivity index (χ2n) is 4.61. The van der Waals surface area contributed by atoms with Crippen molar-refractivity contribution in [2.24, 2.45) is 5.92 Å². The topological polar surface area (TPSA) is 35.0 Å². The molecule has 0 bridgehead atoms. The lowest BCUT2D eigenvalue weighted by Gasteiger charge is -2.09. The van der Waals surface area contributed by atoms with Crippen molar-refractivity contribution >= 4 is 27.5 Å². The average molecular weight is 340 g/mol. The van der Waals surface area contributed by atoms with Crippen LogP contribution in [0.2, 0.25) is 5.02 Å². The van der Waals surface area contributed by atoms with Gasteiger partial charge in [-0.1, -0.05) is 23.7 Å². The van der Waals surface area contributed by atoms with E-state index in [1.165, 1.54) is 12.8 Å². The van der Waals surface area contributed by atoms with E-state index in [2.05, 4.69) is 25.9 Å². The number of aromatic nitrogens is 2. The lowest BCUT2D eigenvalue weighted by molar-refractivity contribution is 0.288. The molecule has 1 aliphatic carbocycles. The molecule has 1 aliphatic rings. The molecule has 1 aromatic carbocycles. The fraction of sp³-hybridized carbons (Fsp3) is 0.286. The third-order valence-electron chi connectivity index (χ3n) is 2.98. The average Bonchev–Trinajstić information content (AvgIpc) is 3.22. The van der Waals surface area contributed by atoms with Crippen molar-refractivity contribution in [3.05, 3.63) is 40.1 Å². The summed E-state index contributed by atoms with van der Waals surface area (Å²) in [5, 5.41) is 0.701. The number of rotatable bonds is 4. The Balaban J connectivity index is 1.92. The SMILES string of the molecule is Clc1ccc(-c2nc(Br)cnc2OCC2CC2)cc1. The van der Waals surface area contributed by atoms with Gasteiger partial charge in [0.05, 0.1) is 12.8 Å². The van der Waals surface area contributed by atoms with Crippen LogP contribution >= 0.6 is 27.5 Å². The Hall–Kier alpha value is -1.13. The van der Waals surface area contributed by atoms with E-state index in [4.69, 9.17) is 16.3 Å². The maximum Gasteiger partial charge on any atom is 0.240 e. The number of hydrogen-bond donors (Lipinski definition) is 0. The van der Waals surface area contributed by atoms with Gasteiger partial charge in [-0.3, -0.25) is 0 Å². The molecule has 0 aliphatic heterocycles. The minimum Gasteiger partial charge on any atom is -0.476 e. The second-order valence-corrected chi connectivity index (χ2v) is 5.86. The van der Waals surface area contributed by atoms with E-state index in [-0.39, 0.29) is 0 Å². The highest BCUT2D eigenvalue weighted by Crippen LogP contribution is 2.32. The van der Waals surface area contributed by atoms with Crippen LogP contribution in [0, 0.1) is 5.92 Å². The van der Waals surface area contributed by atoms with Gasteiger partial charge in [-0.2, -0.15) is 0 Å². The predicted octanol–water partition coefficient (Wildman–Crippen LogP) is 4.35. The van der Waals surface area contributed by atoms with Crippen molar-refractivity contribution in [3.8, 4) is 17.1 Å². The number of benzene rings is 1. The summed E-state index contributed by atoms with van der Waals surface area (Å²) in [5.41, 5.74) is 1.69. The Morgan fingerprint density at radius 3 is 2.68 bits per heavy atom. The zero-order chi connectivity index (χ0) is 13.2. The van der Waals surface area contributed by atoms with Crippen molar-refractivity contribution in [2.45, 2.75) is 12.8 Å².